The van der Waals surface area contributed by atoms with Crippen molar-refractivity contribution in [1.82, 2.24) is 19.5 Å². The molecular weight excluding hydrogens is 361 g/mol. The van der Waals surface area contributed by atoms with Gasteiger partial charge in [0, 0.05) is 6.54 Å². The molecule has 0 aliphatic heterocycles. The molecule has 0 saturated carbocycles. The number of hydrogen-bond acceptors (Lipinski definition) is 4. The number of hydrogen-bond donors (Lipinski definition) is 1. The van der Waals surface area contributed by atoms with Gasteiger partial charge in [-0.3, -0.25) is 4.79 Å². The minimum absolute atomic E-state index is 0.109. The van der Waals surface area contributed by atoms with Crippen LogP contribution < -0.4 is 5.32 Å². The van der Waals surface area contributed by atoms with Crippen LogP contribution in [0.5, 0.6) is 0 Å². The quantitative estimate of drug-likeness (QED) is 0.434. The van der Waals surface area contributed by atoms with E-state index in [1.54, 1.807) is 4.57 Å². The Labute approximate surface area is 142 Å². The van der Waals surface area contributed by atoms with Crippen LogP contribution in [0.2, 0.25) is 0 Å². The number of aromatic nitrogens is 4. The number of carbonyl (C=O) groups excluding carboxylic acids is 1. The van der Waals surface area contributed by atoms with Crippen LogP contribution in [0, 0.1) is 29.1 Å². The number of nitrogens with one attached hydrogen (secondary N) is 1. The summed E-state index contributed by atoms with van der Waals surface area (Å²) in [5, 5.41) is 2.01. The van der Waals surface area contributed by atoms with Gasteiger partial charge in [0.25, 0.3) is 5.91 Å². The Balaban J connectivity index is 2.03. The first-order valence-corrected chi connectivity index (χ1v) is 7.35. The number of rotatable bonds is 4. The Kier molecular flexibility index (Phi) is 4.53. The van der Waals surface area contributed by atoms with Crippen molar-refractivity contribution < 1.29 is 26.7 Å². The third-order valence-corrected chi connectivity index (χ3v) is 3.53. The van der Waals surface area contributed by atoms with Gasteiger partial charge in [-0.05, 0) is 6.42 Å². The highest BCUT2D eigenvalue weighted by Gasteiger charge is 2.30. The molecule has 0 aliphatic carbocycles. The van der Waals surface area contributed by atoms with Crippen molar-refractivity contribution in [3.8, 4) is 0 Å². The first-order valence-electron chi connectivity index (χ1n) is 7.35. The summed E-state index contributed by atoms with van der Waals surface area (Å²) < 4.78 is 68.7. The first-order chi connectivity index (χ1) is 12.4. The summed E-state index contributed by atoms with van der Waals surface area (Å²) in [7, 11) is 0. The summed E-state index contributed by atoms with van der Waals surface area (Å²) in [6, 6.07) is 0. The van der Waals surface area contributed by atoms with Gasteiger partial charge in [-0.15, -0.1) is 0 Å². The molecule has 3 aromatic rings. The second-order valence-corrected chi connectivity index (χ2v) is 5.23. The van der Waals surface area contributed by atoms with E-state index in [9.17, 15) is 26.7 Å². The van der Waals surface area contributed by atoms with E-state index < -0.39 is 40.6 Å². The normalized spacial score (nSPS) is 11.2. The lowest BCUT2D eigenvalue weighted by Gasteiger charge is -2.09. The van der Waals surface area contributed by atoms with E-state index in [1.165, 1.54) is 6.33 Å². The third-order valence-electron chi connectivity index (χ3n) is 3.53. The van der Waals surface area contributed by atoms with Crippen molar-refractivity contribution in [3.05, 3.63) is 47.3 Å². The maximum atomic E-state index is 13.7. The van der Waals surface area contributed by atoms with Crippen molar-refractivity contribution >= 4 is 22.9 Å². The fourth-order valence-corrected chi connectivity index (χ4v) is 2.35. The number of halogens is 5. The molecular formula is C15H10F5N5O. The molecule has 0 unspecified atom stereocenters. The lowest BCUT2D eigenvalue weighted by atomic mass is 10.1. The van der Waals surface area contributed by atoms with E-state index in [1.807, 2.05) is 12.2 Å². The molecule has 6 nitrogen and oxygen atoms in total. The molecule has 2 aromatic heterocycles. The predicted molar refractivity (Wildman–Crippen MR) is 79.8 cm³/mol. The Morgan fingerprint density at radius 2 is 1.62 bits per heavy atom. The summed E-state index contributed by atoms with van der Waals surface area (Å²) in [6.45, 7) is 2.48. The zero-order valence-corrected chi connectivity index (χ0v) is 13.2. The van der Waals surface area contributed by atoms with Crippen LogP contribution in [0.4, 0.5) is 27.8 Å². The molecule has 0 radical (unpaired) electrons. The molecule has 0 aliphatic rings. The van der Waals surface area contributed by atoms with Crippen LogP contribution in [0.15, 0.2) is 12.7 Å². The first kappa shape index (κ1) is 17.7. The Morgan fingerprint density at radius 1 is 1.00 bits per heavy atom. The van der Waals surface area contributed by atoms with E-state index in [4.69, 9.17) is 0 Å². The zero-order valence-electron chi connectivity index (χ0n) is 13.2. The van der Waals surface area contributed by atoms with Crippen molar-refractivity contribution in [2.24, 2.45) is 0 Å². The van der Waals surface area contributed by atoms with Crippen molar-refractivity contribution in [2.75, 3.05) is 5.32 Å². The molecule has 0 atom stereocenters. The smallest absolute Gasteiger partial charge is 0.263 e. The van der Waals surface area contributed by atoms with Gasteiger partial charge in [0.2, 0.25) is 5.82 Å². The molecule has 0 saturated heterocycles. The van der Waals surface area contributed by atoms with Crippen molar-refractivity contribution in [2.45, 2.75) is 19.9 Å². The minimum atomic E-state index is -2.35. The molecule has 0 spiro atoms. The van der Waals surface area contributed by atoms with Crippen molar-refractivity contribution in [1.29, 1.82) is 0 Å². The average Bonchev–Trinajstić information content (AvgIpc) is 3.03. The molecule has 26 heavy (non-hydrogen) atoms. The van der Waals surface area contributed by atoms with E-state index in [0.717, 1.165) is 12.7 Å². The molecule has 2 heterocycles. The second kappa shape index (κ2) is 6.65. The number of aryl methyl sites for hydroxylation is 1. The van der Waals surface area contributed by atoms with Gasteiger partial charge in [-0.2, -0.15) is 0 Å². The number of imidazole rings is 1. The highest BCUT2D eigenvalue weighted by molar-refractivity contribution is 6.07. The number of benzene rings is 1. The van der Waals surface area contributed by atoms with E-state index >= 15 is 0 Å². The fourth-order valence-electron chi connectivity index (χ4n) is 2.35. The molecule has 1 amide bonds. The Bertz CT molecular complexity index is 990. The lowest BCUT2D eigenvalue weighted by Crippen LogP contribution is -2.20. The van der Waals surface area contributed by atoms with E-state index in [0.29, 0.717) is 12.2 Å². The summed E-state index contributed by atoms with van der Waals surface area (Å²) in [4.78, 5) is 23.8. The van der Waals surface area contributed by atoms with Gasteiger partial charge < -0.3 is 9.88 Å². The molecule has 1 N–H and O–H groups in total. The highest BCUT2D eigenvalue weighted by atomic mass is 19.2. The van der Waals surface area contributed by atoms with Crippen LogP contribution in [-0.2, 0) is 6.54 Å². The number of nitrogens with zero attached hydrogens (tertiary/aromatic N) is 4. The van der Waals surface area contributed by atoms with E-state index in [-0.39, 0.29) is 11.3 Å². The Hall–Kier alpha value is -3.11. The van der Waals surface area contributed by atoms with Crippen molar-refractivity contribution in [3.63, 3.8) is 0 Å². The van der Waals surface area contributed by atoms with Crippen LogP contribution in [0.1, 0.15) is 23.7 Å². The van der Waals surface area contributed by atoms with Gasteiger partial charge >= 0.3 is 0 Å². The monoisotopic (exact) mass is 371 g/mol. The zero-order chi connectivity index (χ0) is 19.0. The maximum absolute atomic E-state index is 13.7. The number of fused-ring (bicyclic) bond motifs is 1. The topological polar surface area (TPSA) is 72.7 Å². The molecule has 11 heteroatoms. The van der Waals surface area contributed by atoms with Crippen LogP contribution >= 0.6 is 0 Å². The fraction of sp³-hybridized carbons (Fsp3) is 0.200. The molecule has 3 rings (SSSR count). The standard InChI is InChI=1S/C15H10F5N5O/c1-2-3-25-5-23-12-13(21-4-22-14(12)25)24-15(26)6-7(16)9(18)11(20)10(19)8(6)17/h4-5H,2-3H2,1H3,(H,21,22,24,26). The van der Waals surface area contributed by atoms with Crippen LogP contribution in [0.3, 0.4) is 0 Å². The average molecular weight is 371 g/mol. The molecule has 0 fully saturated rings. The number of carbonyl (C=O) groups is 1. The largest absolute Gasteiger partial charge is 0.315 e. The highest BCUT2D eigenvalue weighted by Crippen LogP contribution is 2.25. The summed E-state index contributed by atoms with van der Waals surface area (Å²) in [6.07, 6.45) is 3.27. The second-order valence-electron chi connectivity index (χ2n) is 5.23. The molecule has 1 aromatic carbocycles. The predicted octanol–water partition coefficient (Wildman–Crippen LogP) is 3.18. The SMILES string of the molecule is CCCn1cnc2c(NC(=O)c3c(F)c(F)c(F)c(F)c3F)ncnc21. The van der Waals surface area contributed by atoms with Gasteiger partial charge in [0.15, 0.2) is 40.3 Å². The van der Waals surface area contributed by atoms with Gasteiger partial charge in [-0.1, -0.05) is 6.92 Å². The lowest BCUT2D eigenvalue weighted by molar-refractivity contribution is 0.101. The summed E-state index contributed by atoms with van der Waals surface area (Å²) in [5.74, 6) is -13.0. The third kappa shape index (κ3) is 2.74. The Morgan fingerprint density at radius 3 is 2.23 bits per heavy atom. The minimum Gasteiger partial charge on any atom is -0.315 e. The molecule has 0 bridgehead atoms. The van der Waals surface area contributed by atoms with E-state index in [2.05, 4.69) is 15.0 Å². The summed E-state index contributed by atoms with van der Waals surface area (Å²) >= 11 is 0. The van der Waals surface area contributed by atoms with Gasteiger partial charge in [-0.25, -0.2) is 36.9 Å². The number of amides is 1. The summed E-state index contributed by atoms with van der Waals surface area (Å²) in [5.41, 5.74) is -1.16. The van der Waals surface area contributed by atoms with Crippen LogP contribution in [0.25, 0.3) is 11.2 Å². The van der Waals surface area contributed by atoms with Crippen LogP contribution in [-0.4, -0.2) is 25.4 Å². The molecule has 136 valence electrons. The van der Waals surface area contributed by atoms with Gasteiger partial charge in [0.05, 0.1) is 6.33 Å². The maximum Gasteiger partial charge on any atom is 0.263 e. The van der Waals surface area contributed by atoms with Gasteiger partial charge in [0.1, 0.15) is 11.9 Å². The number of anilines is 1.